The Balaban J connectivity index is 2.23. The molecule has 0 bridgehead atoms. The molecule has 0 aromatic carbocycles. The molecule has 2 nitrogen and oxygen atoms in total. The molecule has 1 aromatic rings. The van der Waals surface area contributed by atoms with Crippen LogP contribution in [0.5, 0.6) is 0 Å². The molecule has 0 radical (unpaired) electrons. The van der Waals surface area contributed by atoms with Crippen LogP contribution < -0.4 is 0 Å². The highest BCUT2D eigenvalue weighted by Gasteiger charge is 2.52. The molecule has 0 atom stereocenters. The van der Waals surface area contributed by atoms with E-state index in [0.29, 0.717) is 5.75 Å². The van der Waals surface area contributed by atoms with Gasteiger partial charge in [0, 0.05) is 10.6 Å². The predicted molar refractivity (Wildman–Crippen MR) is 87.0 cm³/mol. The summed E-state index contributed by atoms with van der Waals surface area (Å²) < 4.78 is 12.1. The first-order valence-corrected chi connectivity index (χ1v) is 7.98. The van der Waals surface area contributed by atoms with Crippen LogP contribution in [0.3, 0.4) is 0 Å². The summed E-state index contributed by atoms with van der Waals surface area (Å²) in [5, 5.41) is 2.14. The lowest BCUT2D eigenvalue weighted by Gasteiger charge is -2.32. The van der Waals surface area contributed by atoms with Crippen molar-refractivity contribution < 1.29 is 9.31 Å². The van der Waals surface area contributed by atoms with E-state index in [9.17, 15) is 0 Å². The monoisotopic (exact) mass is 296 g/mol. The van der Waals surface area contributed by atoms with Crippen LogP contribution in [0.1, 0.15) is 38.1 Å². The lowest BCUT2D eigenvalue weighted by Crippen LogP contribution is -2.41. The zero-order valence-electron chi connectivity index (χ0n) is 12.2. The minimum atomic E-state index is -0.303. The van der Waals surface area contributed by atoms with Gasteiger partial charge in [-0.3, -0.25) is 0 Å². The lowest BCUT2D eigenvalue weighted by molar-refractivity contribution is 0.00578. The molecule has 5 heteroatoms. The standard InChI is InChI=1S/C14H21BO2S2/c1-10-6-11(9-19-10)7-12(8-18)15-16-13(2,3)14(4,5)17-15/h6-7,9,18H,8H2,1-5H3. The topological polar surface area (TPSA) is 18.5 Å². The largest absolute Gasteiger partial charge is 0.491 e. The van der Waals surface area contributed by atoms with E-state index in [2.05, 4.69) is 64.8 Å². The quantitative estimate of drug-likeness (QED) is 0.671. The van der Waals surface area contributed by atoms with E-state index in [0.717, 1.165) is 5.47 Å². The number of thiol groups is 1. The maximum atomic E-state index is 6.06. The van der Waals surface area contributed by atoms with E-state index in [-0.39, 0.29) is 18.3 Å². The molecule has 1 aliphatic rings. The Hall–Kier alpha value is -0.225. The second-order valence-electron chi connectivity index (χ2n) is 5.96. The van der Waals surface area contributed by atoms with E-state index in [1.54, 1.807) is 11.3 Å². The fourth-order valence-electron chi connectivity index (χ4n) is 1.94. The molecule has 0 unspecified atom stereocenters. The molecular weight excluding hydrogens is 275 g/mol. The summed E-state index contributed by atoms with van der Waals surface area (Å²) in [6.45, 7) is 10.4. The summed E-state index contributed by atoms with van der Waals surface area (Å²) in [5.41, 5.74) is 1.66. The van der Waals surface area contributed by atoms with Crippen LogP contribution in [-0.4, -0.2) is 24.1 Å². The zero-order valence-corrected chi connectivity index (χ0v) is 13.9. The van der Waals surface area contributed by atoms with Crippen molar-refractivity contribution in [3.63, 3.8) is 0 Å². The zero-order chi connectivity index (χ0) is 14.3. The molecule has 0 spiro atoms. The molecule has 19 heavy (non-hydrogen) atoms. The highest BCUT2D eigenvalue weighted by Crippen LogP contribution is 2.39. The third-order valence-electron chi connectivity index (χ3n) is 3.84. The first-order chi connectivity index (χ1) is 8.75. The average Bonchev–Trinajstić information content (AvgIpc) is 2.78. The summed E-state index contributed by atoms with van der Waals surface area (Å²) in [6.07, 6.45) is 2.12. The minimum Gasteiger partial charge on any atom is -0.400 e. The Bertz CT molecular complexity index is 475. The van der Waals surface area contributed by atoms with Crippen molar-refractivity contribution in [2.75, 3.05) is 5.75 Å². The van der Waals surface area contributed by atoms with Crippen LogP contribution >= 0.6 is 24.0 Å². The summed E-state index contributed by atoms with van der Waals surface area (Å²) in [4.78, 5) is 1.30. The SMILES string of the molecule is Cc1cc(C=C(CS)B2OC(C)(C)C(C)(C)O2)cs1. The molecule has 0 amide bonds. The summed E-state index contributed by atoms with van der Waals surface area (Å²) in [5.74, 6) is 0.631. The van der Waals surface area contributed by atoms with Gasteiger partial charge in [-0.2, -0.15) is 12.6 Å². The molecule has 1 fully saturated rings. The normalized spacial score (nSPS) is 22.0. The van der Waals surface area contributed by atoms with E-state index in [1.807, 2.05) is 0 Å². The fourth-order valence-corrected chi connectivity index (χ4v) is 2.84. The molecule has 0 saturated carbocycles. The van der Waals surface area contributed by atoms with Gasteiger partial charge in [-0.15, -0.1) is 11.3 Å². The van der Waals surface area contributed by atoms with Gasteiger partial charge in [0.1, 0.15) is 0 Å². The smallest absolute Gasteiger partial charge is 0.400 e. The molecule has 1 aliphatic heterocycles. The van der Waals surface area contributed by atoms with Gasteiger partial charge in [0.05, 0.1) is 11.2 Å². The number of hydrogen-bond donors (Lipinski definition) is 1. The average molecular weight is 296 g/mol. The third-order valence-corrected chi connectivity index (χ3v) is 5.09. The molecule has 0 N–H and O–H groups in total. The molecule has 104 valence electrons. The number of thiophene rings is 1. The van der Waals surface area contributed by atoms with Crippen molar-refractivity contribution in [2.45, 2.75) is 45.8 Å². The minimum absolute atomic E-state index is 0.301. The Morgan fingerprint density at radius 1 is 1.32 bits per heavy atom. The van der Waals surface area contributed by atoms with E-state index in [4.69, 9.17) is 9.31 Å². The maximum absolute atomic E-state index is 6.06. The van der Waals surface area contributed by atoms with Crippen molar-refractivity contribution in [1.82, 2.24) is 0 Å². The van der Waals surface area contributed by atoms with Gasteiger partial charge >= 0.3 is 7.12 Å². The second kappa shape index (κ2) is 5.28. The number of rotatable bonds is 3. The Morgan fingerprint density at radius 3 is 2.32 bits per heavy atom. The Morgan fingerprint density at radius 2 is 1.89 bits per heavy atom. The summed E-state index contributed by atoms with van der Waals surface area (Å²) in [6, 6.07) is 2.17. The molecule has 1 aromatic heterocycles. The van der Waals surface area contributed by atoms with Crippen molar-refractivity contribution >= 4 is 37.2 Å². The van der Waals surface area contributed by atoms with Crippen LogP contribution in [-0.2, 0) is 9.31 Å². The number of hydrogen-bond acceptors (Lipinski definition) is 4. The van der Waals surface area contributed by atoms with Crippen molar-refractivity contribution in [3.05, 3.63) is 27.4 Å². The van der Waals surface area contributed by atoms with E-state index >= 15 is 0 Å². The van der Waals surface area contributed by atoms with Gasteiger partial charge in [-0.05, 0) is 57.1 Å². The van der Waals surface area contributed by atoms with Crippen molar-refractivity contribution in [2.24, 2.45) is 0 Å². The molecule has 0 aliphatic carbocycles. The van der Waals surface area contributed by atoms with Crippen LogP contribution in [0.4, 0.5) is 0 Å². The highest BCUT2D eigenvalue weighted by atomic mass is 32.1. The Labute approximate surface area is 125 Å². The van der Waals surface area contributed by atoms with Gasteiger partial charge in [-0.25, -0.2) is 0 Å². The van der Waals surface area contributed by atoms with Gasteiger partial charge in [0.25, 0.3) is 0 Å². The molecule has 1 saturated heterocycles. The van der Waals surface area contributed by atoms with Crippen LogP contribution in [0.25, 0.3) is 6.08 Å². The van der Waals surface area contributed by atoms with Crippen LogP contribution in [0.15, 0.2) is 16.9 Å². The summed E-state index contributed by atoms with van der Waals surface area (Å²) >= 11 is 6.16. The van der Waals surface area contributed by atoms with Gasteiger partial charge in [0.2, 0.25) is 0 Å². The van der Waals surface area contributed by atoms with E-state index < -0.39 is 0 Å². The first-order valence-electron chi connectivity index (χ1n) is 6.47. The Kier molecular flexibility index (Phi) is 4.22. The van der Waals surface area contributed by atoms with E-state index in [1.165, 1.54) is 10.4 Å². The van der Waals surface area contributed by atoms with Gasteiger partial charge < -0.3 is 9.31 Å². The predicted octanol–water partition coefficient (Wildman–Crippen LogP) is 4.00. The number of aryl methyl sites for hydroxylation is 1. The third kappa shape index (κ3) is 3.10. The van der Waals surface area contributed by atoms with Gasteiger partial charge in [-0.1, -0.05) is 6.08 Å². The van der Waals surface area contributed by atoms with Crippen LogP contribution in [0.2, 0.25) is 0 Å². The fraction of sp³-hybridized carbons (Fsp3) is 0.571. The molecule has 2 rings (SSSR count). The van der Waals surface area contributed by atoms with Crippen molar-refractivity contribution in [3.8, 4) is 0 Å². The second-order valence-corrected chi connectivity index (χ2v) is 7.39. The van der Waals surface area contributed by atoms with Gasteiger partial charge in [0.15, 0.2) is 0 Å². The van der Waals surface area contributed by atoms with Crippen molar-refractivity contribution in [1.29, 1.82) is 0 Å². The maximum Gasteiger partial charge on any atom is 0.491 e. The van der Waals surface area contributed by atoms with Crippen LogP contribution in [0, 0.1) is 6.92 Å². The molecule has 2 heterocycles. The summed E-state index contributed by atoms with van der Waals surface area (Å²) in [7, 11) is -0.303. The first kappa shape index (κ1) is 15.2. The molecular formula is C14H21BO2S2. The lowest BCUT2D eigenvalue weighted by atomic mass is 9.78. The highest BCUT2D eigenvalue weighted by molar-refractivity contribution is 7.80.